The van der Waals surface area contributed by atoms with E-state index in [1.54, 1.807) is 29.5 Å². The summed E-state index contributed by atoms with van der Waals surface area (Å²) in [5, 5.41) is 3.22. The average molecular weight is 259 g/mol. The second-order valence-electron chi connectivity index (χ2n) is 2.94. The van der Waals surface area contributed by atoms with E-state index in [2.05, 4.69) is 0 Å². The van der Waals surface area contributed by atoms with Gasteiger partial charge in [-0.1, -0.05) is 29.3 Å². The number of benzene rings is 1. The van der Waals surface area contributed by atoms with Crippen LogP contribution in [-0.4, -0.2) is 0 Å². The molecule has 2 aromatic rings. The SMILES string of the molecule is Clc1ccc(Cl)c(OCc2cccs2)c1. The van der Waals surface area contributed by atoms with Gasteiger partial charge in [-0.05, 0) is 23.6 Å². The molecule has 0 fully saturated rings. The summed E-state index contributed by atoms with van der Waals surface area (Å²) < 4.78 is 5.56. The van der Waals surface area contributed by atoms with Crippen LogP contribution in [0, 0.1) is 0 Å². The zero-order valence-electron chi connectivity index (χ0n) is 7.74. The summed E-state index contributed by atoms with van der Waals surface area (Å²) in [7, 11) is 0. The third-order valence-corrected chi connectivity index (χ3v) is 3.24. The largest absolute Gasteiger partial charge is 0.486 e. The van der Waals surface area contributed by atoms with Gasteiger partial charge in [-0.3, -0.25) is 0 Å². The number of rotatable bonds is 3. The Morgan fingerprint density at radius 1 is 1.20 bits per heavy atom. The summed E-state index contributed by atoms with van der Waals surface area (Å²) in [5.41, 5.74) is 0. The monoisotopic (exact) mass is 258 g/mol. The maximum atomic E-state index is 5.96. The van der Waals surface area contributed by atoms with Crippen LogP contribution in [0.3, 0.4) is 0 Å². The highest BCUT2D eigenvalue weighted by molar-refractivity contribution is 7.09. The number of hydrogen-bond donors (Lipinski definition) is 0. The first-order valence-electron chi connectivity index (χ1n) is 4.36. The zero-order valence-corrected chi connectivity index (χ0v) is 10.1. The molecule has 1 heterocycles. The molecule has 15 heavy (non-hydrogen) atoms. The second kappa shape index (κ2) is 4.88. The molecule has 78 valence electrons. The molecule has 2 rings (SSSR count). The molecule has 1 aromatic heterocycles. The van der Waals surface area contributed by atoms with Crippen LogP contribution < -0.4 is 4.74 Å². The molecule has 0 N–H and O–H groups in total. The van der Waals surface area contributed by atoms with E-state index in [1.807, 2.05) is 17.5 Å². The van der Waals surface area contributed by atoms with Crippen molar-refractivity contribution in [3.05, 3.63) is 50.6 Å². The molecular weight excluding hydrogens is 251 g/mol. The van der Waals surface area contributed by atoms with Crippen molar-refractivity contribution in [1.82, 2.24) is 0 Å². The molecule has 0 aliphatic carbocycles. The molecule has 0 bridgehead atoms. The van der Waals surface area contributed by atoms with E-state index in [-0.39, 0.29) is 0 Å². The molecule has 0 amide bonds. The summed E-state index contributed by atoms with van der Waals surface area (Å²) in [6.07, 6.45) is 0. The highest BCUT2D eigenvalue weighted by Crippen LogP contribution is 2.28. The second-order valence-corrected chi connectivity index (χ2v) is 4.82. The molecule has 1 aromatic carbocycles. The van der Waals surface area contributed by atoms with Gasteiger partial charge in [-0.2, -0.15) is 0 Å². The van der Waals surface area contributed by atoms with E-state index in [0.29, 0.717) is 22.4 Å². The molecule has 0 spiro atoms. The Bertz CT molecular complexity index is 440. The van der Waals surface area contributed by atoms with Crippen LogP contribution in [0.5, 0.6) is 5.75 Å². The topological polar surface area (TPSA) is 9.23 Å². The molecule has 1 nitrogen and oxygen atoms in total. The minimum Gasteiger partial charge on any atom is -0.486 e. The lowest BCUT2D eigenvalue weighted by molar-refractivity contribution is 0.310. The maximum absolute atomic E-state index is 5.96. The Kier molecular flexibility index (Phi) is 3.52. The van der Waals surface area contributed by atoms with Gasteiger partial charge < -0.3 is 4.74 Å². The minimum absolute atomic E-state index is 0.526. The van der Waals surface area contributed by atoms with E-state index in [4.69, 9.17) is 27.9 Å². The van der Waals surface area contributed by atoms with Crippen LogP contribution in [0.25, 0.3) is 0 Å². The fourth-order valence-electron chi connectivity index (χ4n) is 1.13. The van der Waals surface area contributed by atoms with Crippen molar-refractivity contribution in [3.8, 4) is 5.75 Å². The summed E-state index contributed by atoms with van der Waals surface area (Å²) in [5.74, 6) is 0.623. The van der Waals surface area contributed by atoms with E-state index in [9.17, 15) is 0 Å². The molecule has 0 saturated heterocycles. The standard InChI is InChI=1S/C11H8Cl2OS/c12-8-3-4-10(13)11(6-8)14-7-9-2-1-5-15-9/h1-6H,7H2. The van der Waals surface area contributed by atoms with Gasteiger partial charge >= 0.3 is 0 Å². The highest BCUT2D eigenvalue weighted by atomic mass is 35.5. The van der Waals surface area contributed by atoms with Crippen LogP contribution in [0.1, 0.15) is 4.88 Å². The lowest BCUT2D eigenvalue weighted by Crippen LogP contribution is -1.93. The first kappa shape index (κ1) is 10.8. The zero-order chi connectivity index (χ0) is 10.7. The molecule has 0 unspecified atom stereocenters. The Hall–Kier alpha value is -0.700. The van der Waals surface area contributed by atoms with Gasteiger partial charge in [0, 0.05) is 16.0 Å². The van der Waals surface area contributed by atoms with E-state index in [0.717, 1.165) is 4.88 Å². The van der Waals surface area contributed by atoms with Crippen molar-refractivity contribution >= 4 is 34.5 Å². The number of thiophene rings is 1. The van der Waals surface area contributed by atoms with E-state index in [1.165, 1.54) is 0 Å². The number of halogens is 2. The fourth-order valence-corrected chi connectivity index (χ4v) is 2.08. The van der Waals surface area contributed by atoms with Crippen LogP contribution in [0.15, 0.2) is 35.7 Å². The smallest absolute Gasteiger partial charge is 0.139 e. The van der Waals surface area contributed by atoms with Crippen molar-refractivity contribution in [2.45, 2.75) is 6.61 Å². The third kappa shape index (κ3) is 2.88. The Morgan fingerprint density at radius 3 is 2.80 bits per heavy atom. The molecule has 4 heteroatoms. The van der Waals surface area contributed by atoms with Gasteiger partial charge in [0.05, 0.1) is 5.02 Å². The molecular formula is C11H8Cl2OS. The van der Waals surface area contributed by atoms with Gasteiger partial charge in [-0.25, -0.2) is 0 Å². The van der Waals surface area contributed by atoms with Gasteiger partial charge in [-0.15, -0.1) is 11.3 Å². The minimum atomic E-state index is 0.526. The summed E-state index contributed by atoms with van der Waals surface area (Å²) in [6.45, 7) is 0.526. The van der Waals surface area contributed by atoms with Crippen molar-refractivity contribution in [1.29, 1.82) is 0 Å². The van der Waals surface area contributed by atoms with Crippen molar-refractivity contribution < 1.29 is 4.74 Å². The number of hydrogen-bond acceptors (Lipinski definition) is 2. The predicted molar refractivity (Wildman–Crippen MR) is 65.1 cm³/mol. The van der Waals surface area contributed by atoms with E-state index >= 15 is 0 Å². The van der Waals surface area contributed by atoms with Crippen LogP contribution in [0.4, 0.5) is 0 Å². The molecule has 0 atom stereocenters. The Labute approximate surface area is 102 Å². The van der Waals surface area contributed by atoms with Crippen molar-refractivity contribution in [3.63, 3.8) is 0 Å². The van der Waals surface area contributed by atoms with Gasteiger partial charge in [0.25, 0.3) is 0 Å². The predicted octanol–water partition coefficient (Wildman–Crippen LogP) is 4.63. The quantitative estimate of drug-likeness (QED) is 0.780. The average Bonchev–Trinajstić information content (AvgIpc) is 2.72. The molecule has 0 aliphatic rings. The molecule has 0 aliphatic heterocycles. The first-order chi connectivity index (χ1) is 7.25. The summed E-state index contributed by atoms with van der Waals surface area (Å²) in [6, 6.07) is 9.19. The lowest BCUT2D eigenvalue weighted by atomic mass is 10.3. The van der Waals surface area contributed by atoms with Crippen LogP contribution in [0.2, 0.25) is 10.0 Å². The van der Waals surface area contributed by atoms with Crippen LogP contribution in [-0.2, 0) is 6.61 Å². The fraction of sp³-hybridized carbons (Fsp3) is 0.0909. The third-order valence-electron chi connectivity index (χ3n) is 1.84. The van der Waals surface area contributed by atoms with Gasteiger partial charge in [0.2, 0.25) is 0 Å². The Balaban J connectivity index is 2.07. The maximum Gasteiger partial charge on any atom is 0.139 e. The van der Waals surface area contributed by atoms with Crippen molar-refractivity contribution in [2.24, 2.45) is 0 Å². The van der Waals surface area contributed by atoms with Gasteiger partial charge in [0.15, 0.2) is 0 Å². The van der Waals surface area contributed by atoms with Crippen LogP contribution >= 0.6 is 34.5 Å². The van der Waals surface area contributed by atoms with E-state index < -0.39 is 0 Å². The molecule has 0 radical (unpaired) electrons. The first-order valence-corrected chi connectivity index (χ1v) is 5.99. The lowest BCUT2D eigenvalue weighted by Gasteiger charge is -2.06. The number of ether oxygens (including phenoxy) is 1. The molecule has 0 saturated carbocycles. The Morgan fingerprint density at radius 2 is 2.07 bits per heavy atom. The summed E-state index contributed by atoms with van der Waals surface area (Å²) in [4.78, 5) is 1.16. The highest BCUT2D eigenvalue weighted by Gasteiger charge is 2.03. The van der Waals surface area contributed by atoms with Gasteiger partial charge in [0.1, 0.15) is 12.4 Å². The normalized spacial score (nSPS) is 10.3. The van der Waals surface area contributed by atoms with Crippen molar-refractivity contribution in [2.75, 3.05) is 0 Å². The summed E-state index contributed by atoms with van der Waals surface area (Å²) >= 11 is 13.4.